The number of amides is 2. The lowest BCUT2D eigenvalue weighted by Crippen LogP contribution is -2.22. The van der Waals surface area contributed by atoms with Crippen molar-refractivity contribution in [2.45, 2.75) is 19.3 Å². The normalized spacial score (nSPS) is 12.6. The number of ether oxygens (including phenoxy) is 1. The Kier molecular flexibility index (Phi) is 6.03. The Morgan fingerprint density at radius 2 is 2.10 bits per heavy atom. The molecule has 3 rings (SSSR count). The van der Waals surface area contributed by atoms with Gasteiger partial charge in [0.2, 0.25) is 0 Å². The van der Waals surface area contributed by atoms with Crippen LogP contribution in [0.2, 0.25) is 0 Å². The number of carbonyl (C=O) groups is 3. The summed E-state index contributed by atoms with van der Waals surface area (Å²) in [7, 11) is 0. The number of fused-ring (bicyclic) bond motifs is 1. The lowest BCUT2D eigenvalue weighted by atomic mass is 10.1. The van der Waals surface area contributed by atoms with Gasteiger partial charge in [-0.3, -0.25) is 19.7 Å². The van der Waals surface area contributed by atoms with Crippen molar-refractivity contribution in [1.82, 2.24) is 0 Å². The summed E-state index contributed by atoms with van der Waals surface area (Å²) in [5, 5.41) is 13.7. The second-order valence-corrected chi connectivity index (χ2v) is 7.37. The number of rotatable bonds is 7. The van der Waals surface area contributed by atoms with Crippen LogP contribution in [0.5, 0.6) is 0 Å². The van der Waals surface area contributed by atoms with Crippen LogP contribution < -0.4 is 11.1 Å². The van der Waals surface area contributed by atoms with E-state index in [0.29, 0.717) is 16.1 Å². The van der Waals surface area contributed by atoms with Gasteiger partial charge in [0.15, 0.2) is 6.61 Å². The SMILES string of the molecule is NC(=O)c1c(NC(=O)COC(=O)/C=C/c2cccc([N+](=O)[O-])c2)sc2c1CCC2. The van der Waals surface area contributed by atoms with Crippen LogP contribution in [0, 0.1) is 10.1 Å². The van der Waals surface area contributed by atoms with Crippen LogP contribution in [-0.4, -0.2) is 29.3 Å². The zero-order valence-electron chi connectivity index (χ0n) is 15.2. The maximum absolute atomic E-state index is 12.1. The highest BCUT2D eigenvalue weighted by molar-refractivity contribution is 7.17. The number of nitro groups is 1. The summed E-state index contributed by atoms with van der Waals surface area (Å²) in [6.45, 7) is -0.543. The zero-order valence-corrected chi connectivity index (χ0v) is 16.0. The monoisotopic (exact) mass is 415 g/mol. The first-order valence-electron chi connectivity index (χ1n) is 8.68. The van der Waals surface area contributed by atoms with E-state index < -0.39 is 29.3 Å². The van der Waals surface area contributed by atoms with Gasteiger partial charge in [0, 0.05) is 23.1 Å². The number of primary amides is 1. The third-order valence-electron chi connectivity index (χ3n) is 4.26. The molecule has 2 amide bonds. The van der Waals surface area contributed by atoms with Crippen LogP contribution in [0.1, 0.15) is 32.8 Å². The number of nitrogens with one attached hydrogen (secondary N) is 1. The molecule has 9 nitrogen and oxygen atoms in total. The largest absolute Gasteiger partial charge is 0.452 e. The lowest BCUT2D eigenvalue weighted by molar-refractivity contribution is -0.384. The standard InChI is InChI=1S/C19H17N3O6S/c20-18(25)17-13-5-2-6-14(13)29-19(17)21-15(23)10-28-16(24)8-7-11-3-1-4-12(9-11)22(26)27/h1,3-4,7-9H,2,5-6,10H2,(H2,20,25)(H,21,23)/b8-7+. The van der Waals surface area contributed by atoms with Crippen LogP contribution in [0.15, 0.2) is 30.3 Å². The van der Waals surface area contributed by atoms with Crippen molar-refractivity contribution in [3.05, 3.63) is 62.0 Å². The number of hydrogen-bond donors (Lipinski definition) is 2. The van der Waals surface area contributed by atoms with Crippen LogP contribution in [0.3, 0.4) is 0 Å². The molecule has 1 heterocycles. The van der Waals surface area contributed by atoms with Gasteiger partial charge in [-0.15, -0.1) is 11.3 Å². The molecule has 0 unspecified atom stereocenters. The predicted octanol–water partition coefficient (Wildman–Crippen LogP) is 2.44. The number of thiophene rings is 1. The van der Waals surface area contributed by atoms with E-state index >= 15 is 0 Å². The Labute approximate surface area is 169 Å². The van der Waals surface area contributed by atoms with Gasteiger partial charge < -0.3 is 15.8 Å². The lowest BCUT2D eigenvalue weighted by Gasteiger charge is -2.06. The summed E-state index contributed by atoms with van der Waals surface area (Å²) in [4.78, 5) is 46.8. The van der Waals surface area contributed by atoms with Gasteiger partial charge in [-0.05, 0) is 36.5 Å². The molecule has 0 spiro atoms. The van der Waals surface area contributed by atoms with E-state index in [0.717, 1.165) is 35.8 Å². The minimum atomic E-state index is -0.782. The van der Waals surface area contributed by atoms with Crippen LogP contribution in [0.4, 0.5) is 10.7 Å². The molecule has 150 valence electrons. The van der Waals surface area contributed by atoms with Gasteiger partial charge in [0.1, 0.15) is 5.00 Å². The predicted molar refractivity (Wildman–Crippen MR) is 107 cm³/mol. The summed E-state index contributed by atoms with van der Waals surface area (Å²) in [6.07, 6.45) is 4.96. The fourth-order valence-corrected chi connectivity index (χ4v) is 4.32. The molecule has 3 N–H and O–H groups in total. The highest BCUT2D eigenvalue weighted by Crippen LogP contribution is 2.38. The van der Waals surface area contributed by atoms with Crippen molar-refractivity contribution in [2.75, 3.05) is 11.9 Å². The second-order valence-electron chi connectivity index (χ2n) is 6.27. The Hall–Kier alpha value is -3.53. The molecular weight excluding hydrogens is 398 g/mol. The van der Waals surface area contributed by atoms with Gasteiger partial charge in [-0.25, -0.2) is 4.79 Å². The van der Waals surface area contributed by atoms with E-state index in [4.69, 9.17) is 10.5 Å². The third-order valence-corrected chi connectivity index (χ3v) is 5.47. The number of nitro benzene ring substituents is 1. The number of anilines is 1. The first kappa shape index (κ1) is 20.2. The molecular formula is C19H17N3O6S. The minimum Gasteiger partial charge on any atom is -0.452 e. The van der Waals surface area contributed by atoms with Gasteiger partial charge >= 0.3 is 5.97 Å². The average molecular weight is 415 g/mol. The van der Waals surface area contributed by atoms with Gasteiger partial charge in [0.25, 0.3) is 17.5 Å². The Bertz CT molecular complexity index is 1030. The van der Waals surface area contributed by atoms with E-state index in [1.54, 1.807) is 6.07 Å². The molecule has 2 aromatic rings. The number of esters is 1. The second kappa shape index (κ2) is 8.65. The number of nitrogens with two attached hydrogens (primary N) is 1. The minimum absolute atomic E-state index is 0.104. The van der Waals surface area contributed by atoms with Crippen molar-refractivity contribution >= 4 is 45.9 Å². The highest BCUT2D eigenvalue weighted by atomic mass is 32.1. The van der Waals surface area contributed by atoms with E-state index in [9.17, 15) is 24.5 Å². The first-order chi connectivity index (χ1) is 13.8. The molecule has 0 aliphatic heterocycles. The topological polar surface area (TPSA) is 142 Å². The highest BCUT2D eigenvalue weighted by Gasteiger charge is 2.26. The molecule has 10 heteroatoms. The quantitative estimate of drug-likeness (QED) is 0.308. The van der Waals surface area contributed by atoms with Crippen LogP contribution in [0.25, 0.3) is 6.08 Å². The van der Waals surface area contributed by atoms with Crippen molar-refractivity contribution in [3.63, 3.8) is 0 Å². The molecule has 1 aromatic carbocycles. The van der Waals surface area contributed by atoms with E-state index in [2.05, 4.69) is 5.32 Å². The maximum atomic E-state index is 12.1. The molecule has 0 bridgehead atoms. The van der Waals surface area contributed by atoms with Crippen LogP contribution in [-0.2, 0) is 27.2 Å². The Morgan fingerprint density at radius 3 is 2.83 bits per heavy atom. The van der Waals surface area contributed by atoms with E-state index in [1.807, 2.05) is 0 Å². The zero-order chi connectivity index (χ0) is 21.0. The van der Waals surface area contributed by atoms with Crippen molar-refractivity contribution in [2.24, 2.45) is 5.73 Å². The van der Waals surface area contributed by atoms with E-state index in [-0.39, 0.29) is 5.69 Å². The molecule has 0 fully saturated rings. The molecule has 29 heavy (non-hydrogen) atoms. The molecule has 1 aromatic heterocycles. The summed E-state index contributed by atoms with van der Waals surface area (Å²) in [6, 6.07) is 5.72. The van der Waals surface area contributed by atoms with Crippen LogP contribution >= 0.6 is 11.3 Å². The summed E-state index contributed by atoms with van der Waals surface area (Å²) in [5.41, 5.74) is 6.99. The summed E-state index contributed by atoms with van der Waals surface area (Å²) in [5.74, 6) is -1.98. The number of benzene rings is 1. The Balaban J connectivity index is 1.56. The van der Waals surface area contributed by atoms with Crippen molar-refractivity contribution in [1.29, 1.82) is 0 Å². The fourth-order valence-electron chi connectivity index (χ4n) is 3.01. The maximum Gasteiger partial charge on any atom is 0.331 e. The number of aryl methyl sites for hydroxylation is 1. The first-order valence-corrected chi connectivity index (χ1v) is 9.50. The smallest absolute Gasteiger partial charge is 0.331 e. The van der Waals surface area contributed by atoms with Gasteiger partial charge in [-0.1, -0.05) is 12.1 Å². The van der Waals surface area contributed by atoms with Gasteiger partial charge in [-0.2, -0.15) is 0 Å². The molecule has 1 aliphatic carbocycles. The van der Waals surface area contributed by atoms with E-state index in [1.165, 1.54) is 35.6 Å². The summed E-state index contributed by atoms with van der Waals surface area (Å²) < 4.78 is 4.87. The van der Waals surface area contributed by atoms with Crippen molar-refractivity contribution < 1.29 is 24.0 Å². The molecule has 0 radical (unpaired) electrons. The summed E-state index contributed by atoms with van der Waals surface area (Å²) >= 11 is 1.31. The Morgan fingerprint density at radius 1 is 1.31 bits per heavy atom. The average Bonchev–Trinajstić information content (AvgIpc) is 3.25. The number of nitrogens with zero attached hydrogens (tertiary/aromatic N) is 1. The number of carbonyl (C=O) groups excluding carboxylic acids is 3. The molecule has 0 saturated heterocycles. The number of non-ortho nitro benzene ring substituents is 1. The molecule has 0 saturated carbocycles. The van der Waals surface area contributed by atoms with Crippen molar-refractivity contribution in [3.8, 4) is 0 Å². The third kappa shape index (κ3) is 4.85. The fraction of sp³-hybridized carbons (Fsp3) is 0.211. The number of hydrogen-bond acceptors (Lipinski definition) is 7. The molecule has 1 aliphatic rings. The van der Waals surface area contributed by atoms with Gasteiger partial charge in [0.05, 0.1) is 10.5 Å². The molecule has 0 atom stereocenters.